The Morgan fingerprint density at radius 1 is 1.69 bits per heavy atom. The Bertz CT molecular complexity index is 455. The number of rotatable bonds is 1. The van der Waals surface area contributed by atoms with Crippen molar-refractivity contribution >= 4 is 17.0 Å². The lowest BCUT2D eigenvalue weighted by atomic mass is 10.4. The number of aromatic amines is 1. The van der Waals surface area contributed by atoms with Gasteiger partial charge in [-0.15, -0.1) is 0 Å². The van der Waals surface area contributed by atoms with Crippen LogP contribution < -0.4 is 4.74 Å². The second-order valence-corrected chi connectivity index (χ2v) is 2.53. The lowest BCUT2D eigenvalue weighted by Gasteiger charge is -1.95. The fourth-order valence-electron chi connectivity index (χ4n) is 1.08. The van der Waals surface area contributed by atoms with Gasteiger partial charge in [-0.05, 0) is 0 Å². The predicted molar refractivity (Wildman–Crippen MR) is 46.3 cm³/mol. The van der Waals surface area contributed by atoms with Gasteiger partial charge in [-0.2, -0.15) is 0 Å². The Balaban J connectivity index is 0.000000980. The second kappa shape index (κ2) is 2.85. The highest BCUT2D eigenvalue weighted by molar-refractivity contribution is 5.84. The minimum Gasteiger partial charge on any atom is -0.423 e. The molecule has 0 amide bonds. The first-order valence-corrected chi connectivity index (χ1v) is 3.73. The minimum atomic E-state index is -0.362. The van der Waals surface area contributed by atoms with Gasteiger partial charge in [0.2, 0.25) is 0 Å². The second-order valence-electron chi connectivity index (χ2n) is 2.53. The number of carbonyl (C=O) groups is 1. The van der Waals surface area contributed by atoms with Crippen molar-refractivity contribution < 1.29 is 11.0 Å². The van der Waals surface area contributed by atoms with Crippen molar-refractivity contribution in [1.82, 2.24) is 15.0 Å². The van der Waals surface area contributed by atoms with Gasteiger partial charge in [-0.1, -0.05) is 0 Å². The van der Waals surface area contributed by atoms with Crippen molar-refractivity contribution in [2.24, 2.45) is 0 Å². The van der Waals surface area contributed by atoms with Crippen molar-refractivity contribution in [3.05, 3.63) is 18.7 Å². The van der Waals surface area contributed by atoms with Crippen LogP contribution in [-0.4, -0.2) is 20.9 Å². The summed E-state index contributed by atoms with van der Waals surface area (Å²) >= 11 is 0. The average Bonchev–Trinajstić information content (AvgIpc) is 2.48. The highest BCUT2D eigenvalue weighted by Gasteiger charge is 2.06. The van der Waals surface area contributed by atoms with E-state index >= 15 is 0 Å². The molecule has 2 rings (SSSR count). The number of nitrogens with zero attached hydrogens (tertiary/aromatic N) is 2. The summed E-state index contributed by atoms with van der Waals surface area (Å²) in [5.41, 5.74) is 1.36. The van der Waals surface area contributed by atoms with Crippen LogP contribution in [-0.2, 0) is 4.79 Å². The smallest absolute Gasteiger partial charge is 0.423 e. The fourth-order valence-corrected chi connectivity index (χ4v) is 1.08. The number of nitrogens with one attached hydrogen (secondary N) is 1. The third-order valence-electron chi connectivity index (χ3n) is 1.56. The molecule has 0 aromatic carbocycles. The van der Waals surface area contributed by atoms with Gasteiger partial charge in [0.25, 0.3) is 0 Å². The molecule has 0 radical (unpaired) electrons. The number of H-pyrrole nitrogens is 1. The zero-order valence-electron chi connectivity index (χ0n) is 7.94. The van der Waals surface area contributed by atoms with Crippen LogP contribution >= 0.6 is 0 Å². The standard InChI is InChI=1S/C8H7N3O2/c1-5(12)13-7-3-10-6-2-9-4-11-8(6)7/h2-4,10H,1H3/p+1. The number of aromatic nitrogens is 3. The van der Waals surface area contributed by atoms with E-state index in [9.17, 15) is 4.79 Å². The third kappa shape index (κ3) is 1.35. The normalized spacial score (nSPS) is 10.2. The van der Waals surface area contributed by atoms with Crippen LogP contribution in [0.4, 0.5) is 0 Å². The summed E-state index contributed by atoms with van der Waals surface area (Å²) < 4.78 is 4.91. The van der Waals surface area contributed by atoms with E-state index < -0.39 is 0 Å². The maximum atomic E-state index is 10.7. The van der Waals surface area contributed by atoms with Gasteiger partial charge < -0.3 is 9.72 Å². The molecule has 2 heterocycles. The van der Waals surface area contributed by atoms with Crippen LogP contribution in [0.3, 0.4) is 0 Å². The fraction of sp³-hybridized carbons (Fsp3) is 0.125. The molecular weight excluding hydrogens is 170 g/mol. The molecule has 13 heavy (non-hydrogen) atoms. The molecule has 0 aliphatic heterocycles. The van der Waals surface area contributed by atoms with Crippen LogP contribution in [0.2, 0.25) is 0 Å². The Hall–Kier alpha value is -1.91. The molecule has 2 aromatic rings. The maximum Gasteiger partial charge on any atom is 1.00 e. The van der Waals surface area contributed by atoms with E-state index in [-0.39, 0.29) is 7.40 Å². The largest absolute Gasteiger partial charge is 1.00 e. The molecule has 0 saturated heterocycles. The Morgan fingerprint density at radius 2 is 2.54 bits per heavy atom. The first-order chi connectivity index (χ1) is 6.27. The van der Waals surface area contributed by atoms with E-state index in [0.717, 1.165) is 5.52 Å². The number of carbonyl (C=O) groups excluding carboxylic acids is 1. The SMILES string of the molecule is CC(=O)Oc1c[nH]c2cncnc12.[H+]. The van der Waals surface area contributed by atoms with Gasteiger partial charge in [0, 0.05) is 13.1 Å². The highest BCUT2D eigenvalue weighted by Crippen LogP contribution is 2.21. The van der Waals surface area contributed by atoms with Gasteiger partial charge in [-0.25, -0.2) is 9.97 Å². The molecule has 5 heteroatoms. The molecule has 0 bridgehead atoms. The zero-order chi connectivity index (χ0) is 9.26. The summed E-state index contributed by atoms with van der Waals surface area (Å²) in [5, 5.41) is 0. The van der Waals surface area contributed by atoms with Gasteiger partial charge in [0.1, 0.15) is 11.8 Å². The summed E-state index contributed by atoms with van der Waals surface area (Å²) in [6, 6.07) is 0. The highest BCUT2D eigenvalue weighted by atomic mass is 16.5. The van der Waals surface area contributed by atoms with Crippen LogP contribution in [0, 0.1) is 0 Å². The molecule has 0 aliphatic carbocycles. The molecular formula is C8H8N3O2+. The first-order valence-electron chi connectivity index (χ1n) is 3.73. The number of esters is 1. The monoisotopic (exact) mass is 178 g/mol. The third-order valence-corrected chi connectivity index (χ3v) is 1.56. The quantitative estimate of drug-likeness (QED) is 0.661. The van der Waals surface area contributed by atoms with E-state index in [1.54, 1.807) is 12.4 Å². The first kappa shape index (κ1) is 7.72. The van der Waals surface area contributed by atoms with Gasteiger partial charge >= 0.3 is 7.40 Å². The molecule has 0 aliphatic rings. The van der Waals surface area contributed by atoms with Gasteiger partial charge in [0.15, 0.2) is 5.75 Å². The number of hydrogen-bond acceptors (Lipinski definition) is 4. The number of ether oxygens (including phenoxy) is 1. The topological polar surface area (TPSA) is 67.9 Å². The summed E-state index contributed by atoms with van der Waals surface area (Å²) in [4.78, 5) is 21.4. The van der Waals surface area contributed by atoms with Crippen molar-refractivity contribution in [3.8, 4) is 5.75 Å². The van der Waals surface area contributed by atoms with E-state index in [0.29, 0.717) is 11.3 Å². The average molecular weight is 178 g/mol. The van der Waals surface area contributed by atoms with Gasteiger partial charge in [0.05, 0.1) is 11.7 Å². The summed E-state index contributed by atoms with van der Waals surface area (Å²) in [5.74, 6) is 0.0735. The molecule has 1 N–H and O–H groups in total. The minimum absolute atomic E-state index is 0. The molecule has 5 nitrogen and oxygen atoms in total. The van der Waals surface area contributed by atoms with Crippen LogP contribution in [0.25, 0.3) is 11.0 Å². The molecule has 0 atom stereocenters. The number of hydrogen-bond donors (Lipinski definition) is 1. The summed E-state index contributed by atoms with van der Waals surface area (Å²) in [6.07, 6.45) is 4.61. The maximum absolute atomic E-state index is 10.7. The molecule has 66 valence electrons. The van der Waals surface area contributed by atoms with E-state index in [2.05, 4.69) is 15.0 Å². The van der Waals surface area contributed by atoms with Crippen molar-refractivity contribution in [2.75, 3.05) is 0 Å². The Labute approximate surface area is 75.3 Å². The molecule has 0 unspecified atom stereocenters. The van der Waals surface area contributed by atoms with E-state index in [1.807, 2.05) is 0 Å². The van der Waals surface area contributed by atoms with E-state index in [1.165, 1.54) is 13.3 Å². The van der Waals surface area contributed by atoms with Crippen LogP contribution in [0.1, 0.15) is 8.35 Å². The number of fused-ring (bicyclic) bond motifs is 1. The molecule has 2 aromatic heterocycles. The van der Waals surface area contributed by atoms with Crippen molar-refractivity contribution in [3.63, 3.8) is 0 Å². The van der Waals surface area contributed by atoms with Crippen molar-refractivity contribution in [1.29, 1.82) is 0 Å². The predicted octanol–water partition coefficient (Wildman–Crippen LogP) is 0.996. The van der Waals surface area contributed by atoms with Crippen LogP contribution in [0.5, 0.6) is 5.75 Å². The zero-order valence-corrected chi connectivity index (χ0v) is 6.94. The van der Waals surface area contributed by atoms with Crippen LogP contribution in [0.15, 0.2) is 18.7 Å². The lowest BCUT2D eigenvalue weighted by Crippen LogP contribution is -2.00. The summed E-state index contributed by atoms with van der Waals surface area (Å²) in [7, 11) is 0. The van der Waals surface area contributed by atoms with Gasteiger partial charge in [-0.3, -0.25) is 4.79 Å². The molecule has 0 saturated carbocycles. The summed E-state index contributed by atoms with van der Waals surface area (Å²) in [6.45, 7) is 1.35. The Morgan fingerprint density at radius 3 is 3.31 bits per heavy atom. The lowest BCUT2D eigenvalue weighted by molar-refractivity contribution is -0.131. The van der Waals surface area contributed by atoms with E-state index in [4.69, 9.17) is 4.74 Å². The Kier molecular flexibility index (Phi) is 1.70. The molecule has 0 spiro atoms. The molecule has 0 fully saturated rings. The van der Waals surface area contributed by atoms with Crippen molar-refractivity contribution in [2.45, 2.75) is 6.92 Å².